The molecule has 2 saturated carbocycles. The minimum atomic E-state index is -0.284. The van der Waals surface area contributed by atoms with Gasteiger partial charge in [-0.25, -0.2) is 0 Å². The Morgan fingerprint density at radius 3 is 2.88 bits per heavy atom. The molecule has 3 aliphatic rings. The number of carbonyl (C=O) groups excluding carboxylic acids is 1. The van der Waals surface area contributed by atoms with E-state index < -0.39 is 0 Å². The molecule has 4 rings (SSSR count). The Morgan fingerprint density at radius 1 is 1.29 bits per heavy atom. The van der Waals surface area contributed by atoms with Crippen molar-refractivity contribution in [2.75, 3.05) is 7.11 Å². The largest absolute Gasteiger partial charge is 0.497 e. The lowest BCUT2D eigenvalue weighted by Crippen LogP contribution is -2.51. The maximum Gasteiger partial charge on any atom is 0.139 e. The third kappa shape index (κ3) is 1.86. The van der Waals surface area contributed by atoms with Gasteiger partial charge in [-0.15, -0.1) is 0 Å². The molecule has 3 nitrogen and oxygen atoms in total. The lowest BCUT2D eigenvalue weighted by molar-refractivity contribution is -0.136. The number of rotatable bonds is 2. The second-order valence-electron chi connectivity index (χ2n) is 8.10. The number of aryl methyl sites for hydroxylation is 1. The fraction of sp³-hybridized carbons (Fsp3) is 0.619. The van der Waals surface area contributed by atoms with Crippen molar-refractivity contribution in [3.8, 4) is 11.8 Å². The summed E-state index contributed by atoms with van der Waals surface area (Å²) in [5, 5.41) is 9.54. The fourth-order valence-corrected chi connectivity index (χ4v) is 6.18. The second-order valence-corrected chi connectivity index (χ2v) is 8.10. The summed E-state index contributed by atoms with van der Waals surface area (Å²) in [7, 11) is 1.71. The van der Waals surface area contributed by atoms with Crippen LogP contribution in [0.5, 0.6) is 5.75 Å². The zero-order valence-electron chi connectivity index (χ0n) is 14.6. The molecule has 0 N–H and O–H groups in total. The minimum Gasteiger partial charge on any atom is -0.497 e. The van der Waals surface area contributed by atoms with Crippen molar-refractivity contribution in [3.05, 3.63) is 29.3 Å². The third-order valence-electron chi connectivity index (χ3n) is 7.53. The van der Waals surface area contributed by atoms with Crippen LogP contribution in [0.4, 0.5) is 0 Å². The monoisotopic (exact) mass is 323 g/mol. The molecule has 1 aromatic carbocycles. The van der Waals surface area contributed by atoms with Gasteiger partial charge in [0.25, 0.3) is 0 Å². The van der Waals surface area contributed by atoms with Gasteiger partial charge in [0.05, 0.1) is 13.2 Å². The first-order chi connectivity index (χ1) is 11.6. The van der Waals surface area contributed by atoms with Gasteiger partial charge in [0.15, 0.2) is 0 Å². The molecule has 0 spiro atoms. The summed E-state index contributed by atoms with van der Waals surface area (Å²) >= 11 is 0. The van der Waals surface area contributed by atoms with Crippen LogP contribution in [-0.4, -0.2) is 12.9 Å². The van der Waals surface area contributed by atoms with E-state index in [1.807, 2.05) is 0 Å². The number of Topliss-reactive ketones (excluding diaryl/α,β-unsaturated/α-hetero) is 1. The first-order valence-corrected chi connectivity index (χ1v) is 9.13. The van der Waals surface area contributed by atoms with Crippen LogP contribution in [0.3, 0.4) is 0 Å². The first kappa shape index (κ1) is 15.7. The first-order valence-electron chi connectivity index (χ1n) is 9.13. The van der Waals surface area contributed by atoms with Gasteiger partial charge in [0, 0.05) is 18.3 Å². The van der Waals surface area contributed by atoms with Crippen molar-refractivity contribution in [2.45, 2.75) is 57.8 Å². The van der Waals surface area contributed by atoms with Crippen LogP contribution in [-0.2, 0) is 11.2 Å². The van der Waals surface area contributed by atoms with E-state index in [-0.39, 0.29) is 10.8 Å². The number of benzene rings is 1. The van der Waals surface area contributed by atoms with Gasteiger partial charge in [-0.3, -0.25) is 4.79 Å². The lowest BCUT2D eigenvalue weighted by Gasteiger charge is -2.56. The molecule has 1 aromatic rings. The van der Waals surface area contributed by atoms with Crippen LogP contribution in [0.1, 0.15) is 62.5 Å². The minimum absolute atomic E-state index is 0.112. The Bertz CT molecular complexity index is 734. The normalized spacial score (nSPS) is 37.1. The number of fused-ring (bicyclic) bond motifs is 5. The fourth-order valence-electron chi connectivity index (χ4n) is 6.18. The van der Waals surface area contributed by atoms with Crippen molar-refractivity contribution in [1.29, 1.82) is 5.26 Å². The number of nitriles is 1. The summed E-state index contributed by atoms with van der Waals surface area (Å²) in [5.74, 6) is 2.28. The maximum absolute atomic E-state index is 12.7. The van der Waals surface area contributed by atoms with Gasteiger partial charge in [-0.2, -0.15) is 5.26 Å². The quantitative estimate of drug-likeness (QED) is 0.810. The van der Waals surface area contributed by atoms with Gasteiger partial charge >= 0.3 is 0 Å². The Balaban J connectivity index is 1.79. The van der Waals surface area contributed by atoms with Gasteiger partial charge in [0.2, 0.25) is 0 Å². The van der Waals surface area contributed by atoms with Crippen molar-refractivity contribution >= 4 is 5.78 Å². The van der Waals surface area contributed by atoms with Crippen LogP contribution in [0.25, 0.3) is 0 Å². The molecule has 0 bridgehead atoms. The van der Waals surface area contributed by atoms with E-state index in [1.165, 1.54) is 11.1 Å². The SMILES string of the molecule is COc1ccc2c(c1)CC[C@@H]1[C@@H]2CC[C@]2(C)C(=O)CC[C@]12CC#N. The van der Waals surface area contributed by atoms with Crippen molar-refractivity contribution < 1.29 is 9.53 Å². The van der Waals surface area contributed by atoms with E-state index in [9.17, 15) is 10.1 Å². The lowest BCUT2D eigenvalue weighted by atomic mass is 9.47. The van der Waals surface area contributed by atoms with E-state index in [0.717, 1.165) is 37.9 Å². The Kier molecular flexibility index (Phi) is 3.49. The molecule has 0 aliphatic heterocycles. The van der Waals surface area contributed by atoms with E-state index >= 15 is 0 Å². The number of ketones is 1. The van der Waals surface area contributed by atoms with E-state index in [0.29, 0.717) is 30.5 Å². The summed E-state index contributed by atoms with van der Waals surface area (Å²) < 4.78 is 5.39. The van der Waals surface area contributed by atoms with Gasteiger partial charge < -0.3 is 4.74 Å². The number of methoxy groups -OCH3 is 1. The molecular formula is C21H25NO2. The highest BCUT2D eigenvalue weighted by Gasteiger charge is 2.64. The van der Waals surface area contributed by atoms with Crippen molar-refractivity contribution in [3.63, 3.8) is 0 Å². The zero-order valence-corrected chi connectivity index (χ0v) is 14.6. The van der Waals surface area contributed by atoms with Gasteiger partial charge in [0.1, 0.15) is 11.5 Å². The van der Waals surface area contributed by atoms with Crippen LogP contribution in [0.2, 0.25) is 0 Å². The molecule has 0 heterocycles. The second kappa shape index (κ2) is 5.34. The predicted molar refractivity (Wildman–Crippen MR) is 91.8 cm³/mol. The topological polar surface area (TPSA) is 50.1 Å². The molecule has 0 saturated heterocycles. The Labute approximate surface area is 144 Å². The van der Waals surface area contributed by atoms with Crippen molar-refractivity contribution in [2.24, 2.45) is 16.7 Å². The van der Waals surface area contributed by atoms with E-state index in [2.05, 4.69) is 31.2 Å². The van der Waals surface area contributed by atoms with Gasteiger partial charge in [-0.1, -0.05) is 13.0 Å². The molecule has 3 aliphatic carbocycles. The van der Waals surface area contributed by atoms with Crippen LogP contribution in [0.15, 0.2) is 18.2 Å². The average molecular weight is 323 g/mol. The number of hydrogen-bond acceptors (Lipinski definition) is 3. The molecule has 2 fully saturated rings. The predicted octanol–water partition coefficient (Wildman–Crippen LogP) is 4.40. The number of hydrogen-bond donors (Lipinski definition) is 0. The summed E-state index contributed by atoms with van der Waals surface area (Å²) in [6, 6.07) is 8.91. The highest BCUT2D eigenvalue weighted by Crippen LogP contribution is 2.68. The number of ether oxygens (including phenoxy) is 1. The number of nitrogens with zero attached hydrogens (tertiary/aromatic N) is 1. The van der Waals surface area contributed by atoms with E-state index in [4.69, 9.17) is 4.74 Å². The van der Waals surface area contributed by atoms with Crippen LogP contribution < -0.4 is 4.74 Å². The molecule has 0 unspecified atom stereocenters. The summed E-state index contributed by atoms with van der Waals surface area (Å²) in [6.07, 6.45) is 6.22. The smallest absolute Gasteiger partial charge is 0.139 e. The summed E-state index contributed by atoms with van der Waals surface area (Å²) in [5.41, 5.74) is 2.44. The Morgan fingerprint density at radius 2 is 2.12 bits per heavy atom. The molecule has 4 atom stereocenters. The van der Waals surface area contributed by atoms with E-state index in [1.54, 1.807) is 7.11 Å². The van der Waals surface area contributed by atoms with Crippen molar-refractivity contribution in [1.82, 2.24) is 0 Å². The van der Waals surface area contributed by atoms with Crippen LogP contribution >= 0.6 is 0 Å². The average Bonchev–Trinajstić information content (AvgIpc) is 2.86. The molecular weight excluding hydrogens is 298 g/mol. The van der Waals surface area contributed by atoms with Gasteiger partial charge in [-0.05, 0) is 72.6 Å². The third-order valence-corrected chi connectivity index (χ3v) is 7.53. The molecule has 0 radical (unpaired) electrons. The molecule has 3 heteroatoms. The molecule has 24 heavy (non-hydrogen) atoms. The molecule has 0 aromatic heterocycles. The summed E-state index contributed by atoms with van der Waals surface area (Å²) in [4.78, 5) is 12.7. The molecule has 126 valence electrons. The highest BCUT2D eigenvalue weighted by atomic mass is 16.5. The highest BCUT2D eigenvalue weighted by molar-refractivity contribution is 5.88. The zero-order chi connectivity index (χ0) is 16.9. The van der Waals surface area contributed by atoms with Crippen LogP contribution in [0, 0.1) is 28.1 Å². The number of carbonyl (C=O) groups is 1. The molecule has 0 amide bonds. The standard InChI is InChI=1S/C21H25NO2/c1-20-9-7-17-16-5-4-15(24-2)13-14(16)3-6-18(17)21(20,11-12-22)10-8-19(20)23/h4-5,13,17-18H,3,6-11H2,1-2H3/t17-,18-,20-,21+/m1/s1. The maximum atomic E-state index is 12.7. The Hall–Kier alpha value is -1.82. The summed E-state index contributed by atoms with van der Waals surface area (Å²) in [6.45, 7) is 2.15.